The topological polar surface area (TPSA) is 3.24 Å². The molecule has 0 saturated carbocycles. The fraction of sp³-hybridized carbons (Fsp3) is 0.263. The zero-order valence-electron chi connectivity index (χ0n) is 12.3. The number of anilines is 1. The van der Waals surface area contributed by atoms with Gasteiger partial charge >= 0.3 is 0 Å². The monoisotopic (exact) mass is 263 g/mol. The lowest BCUT2D eigenvalue weighted by Gasteiger charge is -2.21. The van der Waals surface area contributed by atoms with E-state index in [0.717, 1.165) is 6.54 Å². The van der Waals surface area contributed by atoms with Gasteiger partial charge in [0.15, 0.2) is 0 Å². The van der Waals surface area contributed by atoms with Gasteiger partial charge in [-0.15, -0.1) is 0 Å². The van der Waals surface area contributed by atoms with Crippen LogP contribution in [0.15, 0.2) is 54.6 Å². The smallest absolute Gasteiger partial charge is 0.0443 e. The molecule has 0 unspecified atom stereocenters. The van der Waals surface area contributed by atoms with Crippen molar-refractivity contribution in [3.8, 4) is 0 Å². The maximum absolute atomic E-state index is 2.38. The summed E-state index contributed by atoms with van der Waals surface area (Å²) in [6.07, 6.45) is 2.47. The van der Waals surface area contributed by atoms with Gasteiger partial charge in [-0.3, -0.25) is 0 Å². The third-order valence-electron chi connectivity index (χ3n) is 3.98. The van der Waals surface area contributed by atoms with E-state index >= 15 is 0 Å². The Bertz CT molecular complexity index is 730. The van der Waals surface area contributed by atoms with Gasteiger partial charge in [0.2, 0.25) is 0 Å². The second kappa shape index (κ2) is 5.54. The Balaban J connectivity index is 2.15. The Hall–Kier alpha value is -2.02. The molecule has 0 amide bonds. The first kappa shape index (κ1) is 13.0. The standard InChI is InChI=1S/C19H21N/c1-3-4-12-20(2)19-11-7-10-17-13-15-8-5-6-9-16(15)14-18(17)19/h5-11,13-14H,3-4,12H2,1-2H3. The molecule has 0 saturated heterocycles. The van der Waals surface area contributed by atoms with Crippen molar-refractivity contribution < 1.29 is 0 Å². The zero-order chi connectivity index (χ0) is 13.9. The molecular weight excluding hydrogens is 242 g/mol. The summed E-state index contributed by atoms with van der Waals surface area (Å²) >= 11 is 0. The number of hydrogen-bond acceptors (Lipinski definition) is 1. The van der Waals surface area contributed by atoms with Gasteiger partial charge in [0.1, 0.15) is 0 Å². The van der Waals surface area contributed by atoms with Crippen LogP contribution >= 0.6 is 0 Å². The molecule has 20 heavy (non-hydrogen) atoms. The average Bonchev–Trinajstić information content (AvgIpc) is 2.50. The lowest BCUT2D eigenvalue weighted by atomic mass is 10.0. The molecule has 0 aliphatic rings. The molecule has 0 atom stereocenters. The number of hydrogen-bond donors (Lipinski definition) is 0. The van der Waals surface area contributed by atoms with Gasteiger partial charge in [-0.2, -0.15) is 0 Å². The summed E-state index contributed by atoms with van der Waals surface area (Å²) in [6, 6.07) is 19.8. The average molecular weight is 263 g/mol. The van der Waals surface area contributed by atoms with Crippen LogP contribution in [0.4, 0.5) is 5.69 Å². The third-order valence-corrected chi connectivity index (χ3v) is 3.98. The van der Waals surface area contributed by atoms with Gasteiger partial charge in [-0.1, -0.05) is 49.7 Å². The molecule has 0 aromatic heterocycles. The van der Waals surface area contributed by atoms with Crippen molar-refractivity contribution in [2.24, 2.45) is 0 Å². The predicted octanol–water partition coefficient (Wildman–Crippen LogP) is 5.23. The van der Waals surface area contributed by atoms with Crippen LogP contribution in [0.25, 0.3) is 21.5 Å². The number of unbranched alkanes of at least 4 members (excludes halogenated alkanes) is 1. The molecule has 0 N–H and O–H groups in total. The molecule has 3 rings (SSSR count). The van der Waals surface area contributed by atoms with Crippen LogP contribution < -0.4 is 4.90 Å². The van der Waals surface area contributed by atoms with Crippen molar-refractivity contribution in [3.05, 3.63) is 54.6 Å². The van der Waals surface area contributed by atoms with Gasteiger partial charge in [-0.05, 0) is 40.8 Å². The number of benzene rings is 3. The predicted molar refractivity (Wildman–Crippen MR) is 89.6 cm³/mol. The molecule has 0 radical (unpaired) electrons. The van der Waals surface area contributed by atoms with Gasteiger partial charge in [0.05, 0.1) is 0 Å². The van der Waals surface area contributed by atoms with Gasteiger partial charge < -0.3 is 4.90 Å². The summed E-state index contributed by atoms with van der Waals surface area (Å²) in [5.74, 6) is 0. The van der Waals surface area contributed by atoms with Gasteiger partial charge in [0, 0.05) is 24.7 Å². The maximum Gasteiger partial charge on any atom is 0.0443 e. The van der Waals surface area contributed by atoms with E-state index in [1.54, 1.807) is 0 Å². The third kappa shape index (κ3) is 2.36. The highest BCUT2D eigenvalue weighted by atomic mass is 15.1. The molecule has 1 nitrogen and oxygen atoms in total. The molecule has 3 aromatic carbocycles. The van der Waals surface area contributed by atoms with E-state index in [1.165, 1.54) is 40.1 Å². The normalized spacial score (nSPS) is 11.1. The van der Waals surface area contributed by atoms with E-state index < -0.39 is 0 Å². The zero-order valence-corrected chi connectivity index (χ0v) is 12.3. The van der Waals surface area contributed by atoms with Crippen LogP contribution in [0.5, 0.6) is 0 Å². The van der Waals surface area contributed by atoms with Crippen molar-refractivity contribution in [1.82, 2.24) is 0 Å². The highest BCUT2D eigenvalue weighted by Gasteiger charge is 2.06. The van der Waals surface area contributed by atoms with Crippen LogP contribution in [0.1, 0.15) is 19.8 Å². The Morgan fingerprint density at radius 2 is 1.55 bits per heavy atom. The van der Waals surface area contributed by atoms with E-state index in [0.29, 0.717) is 0 Å². The highest BCUT2D eigenvalue weighted by molar-refractivity contribution is 6.03. The first-order chi connectivity index (χ1) is 9.79. The lowest BCUT2D eigenvalue weighted by molar-refractivity contribution is 0.768. The van der Waals surface area contributed by atoms with E-state index in [1.807, 2.05) is 0 Å². The largest absolute Gasteiger partial charge is 0.374 e. The first-order valence-corrected chi connectivity index (χ1v) is 7.42. The minimum absolute atomic E-state index is 1.11. The molecule has 3 aromatic rings. The second-order valence-electron chi connectivity index (χ2n) is 5.47. The Morgan fingerprint density at radius 3 is 2.30 bits per heavy atom. The van der Waals surface area contributed by atoms with E-state index in [4.69, 9.17) is 0 Å². The molecule has 0 aliphatic carbocycles. The minimum atomic E-state index is 1.11. The highest BCUT2D eigenvalue weighted by Crippen LogP contribution is 2.30. The number of fused-ring (bicyclic) bond motifs is 2. The lowest BCUT2D eigenvalue weighted by Crippen LogP contribution is -2.18. The number of rotatable bonds is 4. The fourth-order valence-electron chi connectivity index (χ4n) is 2.80. The first-order valence-electron chi connectivity index (χ1n) is 7.42. The van der Waals surface area contributed by atoms with Gasteiger partial charge in [0.25, 0.3) is 0 Å². The van der Waals surface area contributed by atoms with Crippen molar-refractivity contribution in [3.63, 3.8) is 0 Å². The fourth-order valence-corrected chi connectivity index (χ4v) is 2.80. The molecular formula is C19H21N. The van der Waals surface area contributed by atoms with E-state index in [-0.39, 0.29) is 0 Å². The minimum Gasteiger partial charge on any atom is -0.374 e. The molecule has 102 valence electrons. The van der Waals surface area contributed by atoms with Crippen LogP contribution in [-0.4, -0.2) is 13.6 Å². The molecule has 0 heterocycles. The maximum atomic E-state index is 2.38. The van der Waals surface area contributed by atoms with E-state index in [9.17, 15) is 0 Å². The quantitative estimate of drug-likeness (QED) is 0.583. The van der Waals surface area contributed by atoms with Crippen molar-refractivity contribution >= 4 is 27.2 Å². The van der Waals surface area contributed by atoms with Crippen molar-refractivity contribution in [1.29, 1.82) is 0 Å². The molecule has 0 bridgehead atoms. The van der Waals surface area contributed by atoms with Crippen LogP contribution in [0, 0.1) is 0 Å². The van der Waals surface area contributed by atoms with E-state index in [2.05, 4.69) is 73.5 Å². The molecule has 0 spiro atoms. The molecule has 1 heteroatoms. The molecule has 0 aliphatic heterocycles. The number of nitrogens with zero attached hydrogens (tertiary/aromatic N) is 1. The van der Waals surface area contributed by atoms with Gasteiger partial charge in [-0.25, -0.2) is 0 Å². The summed E-state index contributed by atoms with van der Waals surface area (Å²) in [5.41, 5.74) is 1.33. The van der Waals surface area contributed by atoms with Crippen LogP contribution in [0.3, 0.4) is 0 Å². The van der Waals surface area contributed by atoms with Crippen molar-refractivity contribution in [2.45, 2.75) is 19.8 Å². The second-order valence-corrected chi connectivity index (χ2v) is 5.47. The summed E-state index contributed by atoms with van der Waals surface area (Å²) in [7, 11) is 2.19. The SMILES string of the molecule is CCCCN(C)c1cccc2cc3ccccc3cc12. The Kier molecular flexibility index (Phi) is 3.60. The molecule has 0 fully saturated rings. The Morgan fingerprint density at radius 1 is 0.850 bits per heavy atom. The summed E-state index contributed by atoms with van der Waals surface area (Å²) < 4.78 is 0. The summed E-state index contributed by atoms with van der Waals surface area (Å²) in [5, 5.41) is 5.30. The summed E-state index contributed by atoms with van der Waals surface area (Å²) in [4.78, 5) is 2.38. The Labute approximate surface area is 120 Å². The summed E-state index contributed by atoms with van der Waals surface area (Å²) in [6.45, 7) is 3.35. The van der Waals surface area contributed by atoms with Crippen LogP contribution in [0.2, 0.25) is 0 Å². The van der Waals surface area contributed by atoms with Crippen LogP contribution in [-0.2, 0) is 0 Å². The van der Waals surface area contributed by atoms with Crippen molar-refractivity contribution in [2.75, 3.05) is 18.5 Å².